The summed E-state index contributed by atoms with van der Waals surface area (Å²) in [5, 5.41) is 0. The second kappa shape index (κ2) is 9.40. The average Bonchev–Trinajstić information content (AvgIpc) is 2.61. The smallest absolute Gasteiger partial charge is 0.0820 e. The van der Waals surface area contributed by atoms with E-state index in [4.69, 9.17) is 0 Å². The van der Waals surface area contributed by atoms with E-state index in [0.717, 1.165) is 33.9 Å². The molecular formula is C23H23CoN3. The third kappa shape index (κ3) is 5.71. The zero-order valence-electron chi connectivity index (χ0n) is 16.0. The van der Waals surface area contributed by atoms with Gasteiger partial charge in [-0.2, -0.15) is 0 Å². The molecule has 0 unspecified atom stereocenters. The van der Waals surface area contributed by atoms with Crippen LogP contribution in [0.5, 0.6) is 0 Å². The number of benzene rings is 2. The molecule has 0 atom stereocenters. The Morgan fingerprint density at radius 2 is 1.11 bits per heavy atom. The Balaban J connectivity index is 0.00000261. The molecule has 0 fully saturated rings. The van der Waals surface area contributed by atoms with Gasteiger partial charge in [0.1, 0.15) is 0 Å². The van der Waals surface area contributed by atoms with Gasteiger partial charge in [-0.25, -0.2) is 4.98 Å². The van der Waals surface area contributed by atoms with Crippen molar-refractivity contribution in [2.45, 2.75) is 27.7 Å². The number of hydrogen-bond acceptors (Lipinski definition) is 3. The van der Waals surface area contributed by atoms with E-state index < -0.39 is 0 Å². The minimum absolute atomic E-state index is 0. The largest absolute Gasteiger partial charge is 0.254 e. The fourth-order valence-electron chi connectivity index (χ4n) is 2.78. The molecule has 1 heterocycles. The Bertz CT molecular complexity index is 914. The number of aromatic nitrogens is 1. The van der Waals surface area contributed by atoms with Gasteiger partial charge in [-0.3, -0.25) is 9.98 Å². The minimum atomic E-state index is 0. The van der Waals surface area contributed by atoms with Crippen molar-refractivity contribution in [3.8, 4) is 0 Å². The summed E-state index contributed by atoms with van der Waals surface area (Å²) in [5.74, 6) is 0. The van der Waals surface area contributed by atoms with E-state index in [1.165, 1.54) is 11.1 Å². The molecule has 0 amide bonds. The Morgan fingerprint density at radius 3 is 1.52 bits per heavy atom. The molecular weight excluding hydrogens is 377 g/mol. The molecule has 0 aliphatic heterocycles. The van der Waals surface area contributed by atoms with Crippen LogP contribution in [0.2, 0.25) is 0 Å². The molecule has 3 rings (SSSR count). The van der Waals surface area contributed by atoms with Gasteiger partial charge >= 0.3 is 0 Å². The predicted molar refractivity (Wildman–Crippen MR) is 111 cm³/mol. The first-order valence-electron chi connectivity index (χ1n) is 8.71. The van der Waals surface area contributed by atoms with Crippen molar-refractivity contribution in [2.24, 2.45) is 9.98 Å². The van der Waals surface area contributed by atoms with Gasteiger partial charge in [-0.1, -0.05) is 41.5 Å². The molecule has 0 N–H and O–H groups in total. The molecule has 0 saturated carbocycles. The summed E-state index contributed by atoms with van der Waals surface area (Å²) in [6.45, 7) is 8.31. The quantitative estimate of drug-likeness (QED) is 0.509. The topological polar surface area (TPSA) is 37.6 Å². The fourth-order valence-corrected chi connectivity index (χ4v) is 2.78. The van der Waals surface area contributed by atoms with E-state index in [1.54, 1.807) is 12.4 Å². The van der Waals surface area contributed by atoms with Crippen LogP contribution in [0.3, 0.4) is 0 Å². The van der Waals surface area contributed by atoms with Crippen molar-refractivity contribution in [2.75, 3.05) is 0 Å². The van der Waals surface area contributed by atoms with Crippen LogP contribution in [0.25, 0.3) is 0 Å². The van der Waals surface area contributed by atoms with Gasteiger partial charge < -0.3 is 0 Å². The molecule has 3 nitrogen and oxygen atoms in total. The van der Waals surface area contributed by atoms with E-state index >= 15 is 0 Å². The van der Waals surface area contributed by atoms with Crippen LogP contribution in [0.15, 0.2) is 64.6 Å². The molecule has 4 heteroatoms. The minimum Gasteiger partial charge on any atom is -0.254 e. The Labute approximate surface area is 171 Å². The van der Waals surface area contributed by atoms with Crippen LogP contribution < -0.4 is 0 Å². The van der Waals surface area contributed by atoms with E-state index in [1.807, 2.05) is 30.3 Å². The molecule has 0 bridgehead atoms. The zero-order valence-corrected chi connectivity index (χ0v) is 17.1. The van der Waals surface area contributed by atoms with Crippen molar-refractivity contribution >= 4 is 23.8 Å². The maximum absolute atomic E-state index is 4.60. The number of hydrogen-bond donors (Lipinski definition) is 0. The molecule has 1 aromatic heterocycles. The summed E-state index contributed by atoms with van der Waals surface area (Å²) in [5.41, 5.74) is 8.36. The van der Waals surface area contributed by atoms with Crippen LogP contribution in [-0.2, 0) is 16.8 Å². The number of aliphatic imine (C=N–C) groups is 2. The van der Waals surface area contributed by atoms with Gasteiger partial charge in [-0.05, 0) is 63.1 Å². The maximum Gasteiger partial charge on any atom is 0.0820 e. The van der Waals surface area contributed by atoms with Crippen LogP contribution in [0, 0.1) is 27.7 Å². The second-order valence-corrected chi connectivity index (χ2v) is 6.58. The van der Waals surface area contributed by atoms with Crippen molar-refractivity contribution in [3.05, 3.63) is 88.2 Å². The number of aryl methyl sites for hydroxylation is 4. The number of rotatable bonds is 4. The van der Waals surface area contributed by atoms with Crippen molar-refractivity contribution < 1.29 is 16.8 Å². The van der Waals surface area contributed by atoms with Gasteiger partial charge in [-0.15, -0.1) is 0 Å². The average molecular weight is 400 g/mol. The molecule has 0 spiro atoms. The Kier molecular flexibility index (Phi) is 7.22. The number of nitrogens with zero attached hydrogens (tertiary/aromatic N) is 3. The normalized spacial score (nSPS) is 11.1. The molecule has 1 radical (unpaired) electrons. The third-order valence-corrected chi connectivity index (χ3v) is 4.17. The van der Waals surface area contributed by atoms with Gasteiger partial charge in [0.2, 0.25) is 0 Å². The molecule has 139 valence electrons. The molecule has 3 aromatic rings. The summed E-state index contributed by atoms with van der Waals surface area (Å²) < 4.78 is 0. The van der Waals surface area contributed by atoms with Gasteiger partial charge in [0.25, 0.3) is 0 Å². The number of pyridine rings is 1. The first-order valence-corrected chi connectivity index (χ1v) is 8.71. The van der Waals surface area contributed by atoms with Crippen LogP contribution >= 0.6 is 0 Å². The molecule has 0 aliphatic carbocycles. The van der Waals surface area contributed by atoms with Gasteiger partial charge in [0.05, 0.1) is 35.2 Å². The third-order valence-electron chi connectivity index (χ3n) is 4.17. The molecule has 2 aromatic carbocycles. The first kappa shape index (κ1) is 20.7. The van der Waals surface area contributed by atoms with E-state index in [2.05, 4.69) is 66.9 Å². The standard InChI is InChI=1S/C23H23N3.Co/c1-16-8-10-22(18(3)12-16)24-14-20-6-5-7-21(26-20)15-25-23-11-9-17(2)13-19(23)4;/h5-15H,1-4H3;. The summed E-state index contributed by atoms with van der Waals surface area (Å²) >= 11 is 0. The van der Waals surface area contributed by atoms with Crippen molar-refractivity contribution in [1.29, 1.82) is 0 Å². The summed E-state index contributed by atoms with van der Waals surface area (Å²) in [6, 6.07) is 18.3. The first-order chi connectivity index (χ1) is 12.5. The van der Waals surface area contributed by atoms with E-state index in [-0.39, 0.29) is 16.8 Å². The predicted octanol–water partition coefficient (Wildman–Crippen LogP) is 5.81. The Hall–Kier alpha value is -2.56. The van der Waals surface area contributed by atoms with Gasteiger partial charge in [0.15, 0.2) is 0 Å². The molecule has 0 aliphatic rings. The van der Waals surface area contributed by atoms with Crippen molar-refractivity contribution in [1.82, 2.24) is 4.98 Å². The summed E-state index contributed by atoms with van der Waals surface area (Å²) in [7, 11) is 0. The van der Waals surface area contributed by atoms with Crippen LogP contribution in [0.1, 0.15) is 33.6 Å². The van der Waals surface area contributed by atoms with E-state index in [9.17, 15) is 0 Å². The monoisotopic (exact) mass is 400 g/mol. The fraction of sp³-hybridized carbons (Fsp3) is 0.174. The van der Waals surface area contributed by atoms with Gasteiger partial charge in [0, 0.05) is 16.8 Å². The Morgan fingerprint density at radius 1 is 0.667 bits per heavy atom. The zero-order chi connectivity index (χ0) is 18.5. The summed E-state index contributed by atoms with van der Waals surface area (Å²) in [4.78, 5) is 13.7. The molecule has 0 saturated heterocycles. The van der Waals surface area contributed by atoms with Crippen LogP contribution in [0.4, 0.5) is 11.4 Å². The maximum atomic E-state index is 4.60. The van der Waals surface area contributed by atoms with Crippen LogP contribution in [-0.4, -0.2) is 17.4 Å². The summed E-state index contributed by atoms with van der Waals surface area (Å²) in [6.07, 6.45) is 3.60. The SMILES string of the molecule is Cc1ccc(N=Cc2cccc(C=Nc3ccc(C)cc3C)n2)c(C)c1.[Co]. The van der Waals surface area contributed by atoms with Crippen molar-refractivity contribution in [3.63, 3.8) is 0 Å². The van der Waals surface area contributed by atoms with E-state index in [0.29, 0.717) is 0 Å². The second-order valence-electron chi connectivity index (χ2n) is 6.58. The molecule has 27 heavy (non-hydrogen) atoms.